The Morgan fingerprint density at radius 3 is 2.66 bits per heavy atom. The number of amides is 2. The van der Waals surface area contributed by atoms with Gasteiger partial charge in [-0.05, 0) is 48.7 Å². The monoisotopic (exact) mass is 392 g/mol. The van der Waals surface area contributed by atoms with Crippen LogP contribution in [0.1, 0.15) is 45.5 Å². The van der Waals surface area contributed by atoms with Crippen LogP contribution in [0, 0.1) is 0 Å². The number of rotatable bonds is 5. The second-order valence-corrected chi connectivity index (χ2v) is 7.09. The number of anilines is 2. The molecule has 0 unspecified atom stereocenters. The molecular weight excluding hydrogens is 372 g/mol. The molecular formula is C22H20N2O5. The number of hydrogen-bond acceptors (Lipinski definition) is 5. The smallest absolute Gasteiger partial charge is 0.340 e. The van der Waals surface area contributed by atoms with Gasteiger partial charge in [0.1, 0.15) is 0 Å². The number of ketones is 1. The summed E-state index contributed by atoms with van der Waals surface area (Å²) in [5, 5.41) is 2.77. The van der Waals surface area contributed by atoms with Crippen molar-refractivity contribution in [1.82, 2.24) is 0 Å². The van der Waals surface area contributed by atoms with E-state index in [2.05, 4.69) is 5.32 Å². The number of carbonyl (C=O) groups excluding carboxylic acids is 4. The molecule has 0 bridgehead atoms. The number of nitrogens with one attached hydrogen (secondary N) is 1. The molecule has 0 atom stereocenters. The highest BCUT2D eigenvalue weighted by atomic mass is 16.5. The fourth-order valence-corrected chi connectivity index (χ4v) is 3.63. The molecule has 0 spiro atoms. The van der Waals surface area contributed by atoms with E-state index < -0.39 is 12.6 Å². The van der Waals surface area contributed by atoms with Crippen LogP contribution in [0.25, 0.3) is 0 Å². The van der Waals surface area contributed by atoms with Crippen LogP contribution in [0.5, 0.6) is 0 Å². The van der Waals surface area contributed by atoms with Crippen molar-refractivity contribution < 1.29 is 23.9 Å². The zero-order valence-electron chi connectivity index (χ0n) is 15.8. The van der Waals surface area contributed by atoms with Crippen molar-refractivity contribution in [2.24, 2.45) is 0 Å². The average Bonchev–Trinajstić information content (AvgIpc) is 3.17. The van der Waals surface area contributed by atoms with Gasteiger partial charge >= 0.3 is 5.97 Å². The van der Waals surface area contributed by atoms with Gasteiger partial charge in [-0.25, -0.2) is 4.79 Å². The number of para-hydroxylation sites is 1. The van der Waals surface area contributed by atoms with Crippen LogP contribution in [0.2, 0.25) is 0 Å². The van der Waals surface area contributed by atoms with Crippen molar-refractivity contribution in [2.45, 2.75) is 25.7 Å². The number of esters is 1. The fourth-order valence-electron chi connectivity index (χ4n) is 3.63. The second kappa shape index (κ2) is 7.87. The van der Waals surface area contributed by atoms with Crippen molar-refractivity contribution in [3.8, 4) is 0 Å². The van der Waals surface area contributed by atoms with Crippen LogP contribution in [0.3, 0.4) is 0 Å². The molecule has 148 valence electrons. The summed E-state index contributed by atoms with van der Waals surface area (Å²) in [4.78, 5) is 50.1. The quantitative estimate of drug-likeness (QED) is 0.624. The molecule has 0 radical (unpaired) electrons. The molecule has 2 heterocycles. The molecule has 1 fully saturated rings. The maximum absolute atomic E-state index is 12.6. The first-order valence-electron chi connectivity index (χ1n) is 9.55. The minimum absolute atomic E-state index is 0.0255. The molecule has 2 aromatic carbocycles. The van der Waals surface area contributed by atoms with Gasteiger partial charge in [-0.2, -0.15) is 0 Å². The van der Waals surface area contributed by atoms with Crippen molar-refractivity contribution in [1.29, 1.82) is 0 Å². The summed E-state index contributed by atoms with van der Waals surface area (Å²) >= 11 is 0. The van der Waals surface area contributed by atoms with Crippen LogP contribution in [0.4, 0.5) is 11.4 Å². The molecule has 2 amide bonds. The summed E-state index contributed by atoms with van der Waals surface area (Å²) in [7, 11) is 0. The van der Waals surface area contributed by atoms with Gasteiger partial charge in [0, 0.05) is 30.6 Å². The number of aryl methyl sites for hydroxylation is 1. The lowest BCUT2D eigenvalue weighted by atomic mass is 9.99. The zero-order chi connectivity index (χ0) is 20.4. The van der Waals surface area contributed by atoms with E-state index in [9.17, 15) is 19.2 Å². The largest absolute Gasteiger partial charge is 0.454 e. The number of benzene rings is 2. The highest BCUT2D eigenvalue weighted by Crippen LogP contribution is 2.26. The molecule has 2 aliphatic rings. The Balaban J connectivity index is 1.45. The summed E-state index contributed by atoms with van der Waals surface area (Å²) in [5.41, 5.74) is 2.80. The van der Waals surface area contributed by atoms with Gasteiger partial charge in [-0.1, -0.05) is 12.1 Å². The van der Waals surface area contributed by atoms with Crippen LogP contribution < -0.4 is 10.2 Å². The Bertz CT molecular complexity index is 1010. The normalized spacial score (nSPS) is 15.7. The van der Waals surface area contributed by atoms with Crippen LogP contribution in [0.15, 0.2) is 42.5 Å². The highest BCUT2D eigenvalue weighted by molar-refractivity contribution is 6.05. The van der Waals surface area contributed by atoms with E-state index in [1.807, 2.05) is 0 Å². The topological polar surface area (TPSA) is 92.8 Å². The first kappa shape index (κ1) is 18.9. The zero-order valence-corrected chi connectivity index (χ0v) is 15.8. The number of hydrogen-bond donors (Lipinski definition) is 1. The summed E-state index contributed by atoms with van der Waals surface area (Å²) in [6, 6.07) is 11.8. The van der Waals surface area contributed by atoms with Gasteiger partial charge in [0.25, 0.3) is 0 Å². The molecule has 7 nitrogen and oxygen atoms in total. The minimum atomic E-state index is -0.640. The van der Waals surface area contributed by atoms with Crippen LogP contribution in [-0.2, 0) is 20.7 Å². The van der Waals surface area contributed by atoms with E-state index >= 15 is 0 Å². The first-order chi connectivity index (χ1) is 14.0. The molecule has 2 aromatic rings. The summed E-state index contributed by atoms with van der Waals surface area (Å²) in [6.07, 6.45) is 2.16. The Hall–Kier alpha value is -3.48. The molecule has 1 N–H and O–H groups in total. The van der Waals surface area contributed by atoms with Crippen molar-refractivity contribution >= 4 is 34.9 Å². The maximum atomic E-state index is 12.6. The Labute approximate surface area is 167 Å². The van der Waals surface area contributed by atoms with E-state index in [0.29, 0.717) is 42.7 Å². The highest BCUT2D eigenvalue weighted by Gasteiger charge is 2.26. The Kier molecular flexibility index (Phi) is 5.12. The summed E-state index contributed by atoms with van der Waals surface area (Å²) in [5.74, 6) is -1.03. The minimum Gasteiger partial charge on any atom is -0.454 e. The first-order valence-corrected chi connectivity index (χ1v) is 9.55. The third-order valence-electron chi connectivity index (χ3n) is 5.15. The van der Waals surface area contributed by atoms with Gasteiger partial charge in [0.2, 0.25) is 11.8 Å². The second-order valence-electron chi connectivity index (χ2n) is 7.09. The summed E-state index contributed by atoms with van der Waals surface area (Å²) in [6.45, 7) is 0.167. The van der Waals surface area contributed by atoms with Crippen LogP contribution in [-0.4, -0.2) is 36.7 Å². The van der Waals surface area contributed by atoms with Crippen molar-refractivity contribution in [3.63, 3.8) is 0 Å². The SMILES string of the molecule is O=C1CCc2cc(C(=O)COC(=O)c3ccccc3N3CCCC3=O)ccc2N1. The molecule has 0 aliphatic carbocycles. The maximum Gasteiger partial charge on any atom is 0.340 e. The lowest BCUT2D eigenvalue weighted by molar-refractivity contribution is -0.117. The molecule has 0 aromatic heterocycles. The molecule has 1 saturated heterocycles. The lowest BCUT2D eigenvalue weighted by Gasteiger charge is -2.19. The standard InChI is InChI=1S/C22H20N2O5/c25-19(15-7-9-17-14(12-15)8-10-20(26)23-17)13-29-22(28)16-4-1-2-5-18(16)24-11-3-6-21(24)27/h1-2,4-5,7,9,12H,3,6,8,10-11,13H2,(H,23,26). The van der Waals surface area contributed by atoms with Gasteiger partial charge < -0.3 is 15.0 Å². The molecule has 0 saturated carbocycles. The van der Waals surface area contributed by atoms with E-state index in [1.54, 1.807) is 47.4 Å². The number of fused-ring (bicyclic) bond motifs is 1. The van der Waals surface area contributed by atoms with Crippen molar-refractivity contribution in [3.05, 3.63) is 59.2 Å². The van der Waals surface area contributed by atoms with Crippen molar-refractivity contribution in [2.75, 3.05) is 23.4 Å². The third kappa shape index (κ3) is 3.89. The van der Waals surface area contributed by atoms with Gasteiger partial charge in [-0.3, -0.25) is 14.4 Å². The molecule has 29 heavy (non-hydrogen) atoms. The number of nitrogens with zero attached hydrogens (tertiary/aromatic N) is 1. The van der Waals surface area contributed by atoms with Crippen LogP contribution >= 0.6 is 0 Å². The Morgan fingerprint density at radius 2 is 1.86 bits per heavy atom. The Morgan fingerprint density at radius 1 is 1.03 bits per heavy atom. The van der Waals surface area contributed by atoms with Gasteiger partial charge in [-0.15, -0.1) is 0 Å². The number of carbonyl (C=O) groups is 4. The van der Waals surface area contributed by atoms with Gasteiger partial charge in [0.15, 0.2) is 12.4 Å². The number of ether oxygens (including phenoxy) is 1. The predicted octanol–water partition coefficient (Wildman–Crippen LogP) is 2.74. The lowest BCUT2D eigenvalue weighted by Crippen LogP contribution is -2.26. The summed E-state index contributed by atoms with van der Waals surface area (Å²) < 4.78 is 5.24. The third-order valence-corrected chi connectivity index (χ3v) is 5.15. The molecule has 2 aliphatic heterocycles. The average molecular weight is 392 g/mol. The van der Waals surface area contributed by atoms with E-state index in [-0.39, 0.29) is 23.2 Å². The molecule has 4 rings (SSSR count). The fraction of sp³-hybridized carbons (Fsp3) is 0.273. The number of Topliss-reactive ketones (excluding diaryl/α,β-unsaturated/α-hetero) is 1. The van der Waals surface area contributed by atoms with Gasteiger partial charge in [0.05, 0.1) is 11.3 Å². The van der Waals surface area contributed by atoms with E-state index in [4.69, 9.17) is 4.74 Å². The van der Waals surface area contributed by atoms with E-state index in [0.717, 1.165) is 12.0 Å². The predicted molar refractivity (Wildman–Crippen MR) is 106 cm³/mol. The van der Waals surface area contributed by atoms with E-state index in [1.165, 1.54) is 0 Å². The molecule has 7 heteroatoms.